The van der Waals surface area contributed by atoms with Crippen LogP contribution in [0.5, 0.6) is 0 Å². The quantitative estimate of drug-likeness (QED) is 0.757. The molecule has 0 aliphatic rings. The molecular weight excluding hydrogens is 352 g/mol. The van der Waals surface area contributed by atoms with E-state index in [-0.39, 0.29) is 27.3 Å². The molecule has 0 fully saturated rings. The molecule has 2 amide bonds. The number of esters is 1. The van der Waals surface area contributed by atoms with Gasteiger partial charge in [-0.1, -0.05) is 36.8 Å². The lowest BCUT2D eigenvalue weighted by atomic mass is 9.95. The zero-order valence-corrected chi connectivity index (χ0v) is 16.0. The van der Waals surface area contributed by atoms with Crippen molar-refractivity contribution in [3.8, 4) is 0 Å². The molecule has 7 heteroatoms. The number of amides is 2. The molecule has 0 saturated carbocycles. The Morgan fingerprint density at radius 3 is 2.31 bits per heavy atom. The fourth-order valence-corrected chi connectivity index (χ4v) is 3.80. The van der Waals surface area contributed by atoms with Gasteiger partial charge in [0.2, 0.25) is 5.91 Å². The van der Waals surface area contributed by atoms with E-state index >= 15 is 0 Å². The first-order valence-corrected chi connectivity index (χ1v) is 9.00. The second kappa shape index (κ2) is 8.14. The minimum Gasteiger partial charge on any atom is -0.465 e. The van der Waals surface area contributed by atoms with Crippen molar-refractivity contribution in [2.75, 3.05) is 12.4 Å². The van der Waals surface area contributed by atoms with E-state index in [2.05, 4.69) is 5.32 Å². The van der Waals surface area contributed by atoms with Crippen molar-refractivity contribution in [1.29, 1.82) is 0 Å². The lowest BCUT2D eigenvalue weighted by molar-refractivity contribution is -0.117. The third-order valence-electron chi connectivity index (χ3n) is 4.20. The van der Waals surface area contributed by atoms with Gasteiger partial charge in [0.15, 0.2) is 0 Å². The van der Waals surface area contributed by atoms with E-state index in [9.17, 15) is 14.4 Å². The zero-order valence-electron chi connectivity index (χ0n) is 15.2. The first-order valence-electron chi connectivity index (χ1n) is 8.19. The van der Waals surface area contributed by atoms with Crippen molar-refractivity contribution < 1.29 is 19.1 Å². The summed E-state index contributed by atoms with van der Waals surface area (Å²) in [6, 6.07) is 7.73. The van der Waals surface area contributed by atoms with Crippen LogP contribution in [0.4, 0.5) is 5.00 Å². The van der Waals surface area contributed by atoms with Gasteiger partial charge in [0.1, 0.15) is 5.00 Å². The Kier molecular flexibility index (Phi) is 6.15. The molecule has 1 unspecified atom stereocenters. The molecule has 2 rings (SSSR count). The van der Waals surface area contributed by atoms with Crippen LogP contribution >= 0.6 is 11.3 Å². The Morgan fingerprint density at radius 1 is 1.19 bits per heavy atom. The molecule has 26 heavy (non-hydrogen) atoms. The second-order valence-corrected chi connectivity index (χ2v) is 7.00. The Balaban J connectivity index is 2.38. The molecule has 138 valence electrons. The van der Waals surface area contributed by atoms with Crippen molar-refractivity contribution in [3.63, 3.8) is 0 Å². The highest BCUT2D eigenvalue weighted by Crippen LogP contribution is 2.34. The predicted octanol–water partition coefficient (Wildman–Crippen LogP) is 3.38. The fourth-order valence-electron chi connectivity index (χ4n) is 2.75. The zero-order chi connectivity index (χ0) is 19.4. The van der Waals surface area contributed by atoms with Crippen LogP contribution in [-0.4, -0.2) is 24.9 Å². The summed E-state index contributed by atoms with van der Waals surface area (Å²) in [5.41, 5.74) is 7.94. The number of hydrogen-bond acceptors (Lipinski definition) is 5. The first kappa shape index (κ1) is 19.7. The molecule has 1 atom stereocenters. The van der Waals surface area contributed by atoms with E-state index in [0.717, 1.165) is 22.5 Å². The number of rotatable bonds is 6. The van der Waals surface area contributed by atoms with E-state index in [1.807, 2.05) is 38.1 Å². The van der Waals surface area contributed by atoms with Crippen molar-refractivity contribution in [1.82, 2.24) is 0 Å². The van der Waals surface area contributed by atoms with Gasteiger partial charge in [0.05, 0.1) is 23.5 Å². The SMILES string of the molecule is CCC(C(=O)Nc1sc(C(N)=O)c(C)c1C(=O)OC)c1ccc(C)cc1. The number of aryl methyl sites for hydroxylation is 1. The van der Waals surface area contributed by atoms with Gasteiger partial charge in [-0.2, -0.15) is 0 Å². The van der Waals surface area contributed by atoms with Gasteiger partial charge >= 0.3 is 5.97 Å². The molecule has 0 radical (unpaired) electrons. The molecule has 0 bridgehead atoms. The maximum Gasteiger partial charge on any atom is 0.341 e. The molecule has 1 aromatic carbocycles. The number of nitrogens with two attached hydrogens (primary N) is 1. The van der Waals surface area contributed by atoms with Crippen LogP contribution in [0.25, 0.3) is 0 Å². The average Bonchev–Trinajstić information content (AvgIpc) is 2.93. The number of carbonyl (C=O) groups excluding carboxylic acids is 3. The Hall–Kier alpha value is -2.67. The molecule has 0 saturated heterocycles. The maximum absolute atomic E-state index is 12.8. The van der Waals surface area contributed by atoms with Crippen LogP contribution in [0.2, 0.25) is 0 Å². The minimum absolute atomic E-state index is 0.165. The van der Waals surface area contributed by atoms with Crippen LogP contribution in [0.3, 0.4) is 0 Å². The van der Waals surface area contributed by atoms with Crippen LogP contribution in [0.1, 0.15) is 56.0 Å². The molecule has 2 aromatic rings. The lowest BCUT2D eigenvalue weighted by Gasteiger charge is -2.15. The van der Waals surface area contributed by atoms with E-state index in [1.165, 1.54) is 7.11 Å². The predicted molar refractivity (Wildman–Crippen MR) is 102 cm³/mol. The average molecular weight is 374 g/mol. The maximum atomic E-state index is 12.8. The highest BCUT2D eigenvalue weighted by Gasteiger charge is 2.27. The highest BCUT2D eigenvalue weighted by atomic mass is 32.1. The lowest BCUT2D eigenvalue weighted by Crippen LogP contribution is -2.21. The van der Waals surface area contributed by atoms with E-state index in [0.29, 0.717) is 12.0 Å². The second-order valence-electron chi connectivity index (χ2n) is 5.98. The molecule has 3 N–H and O–H groups in total. The molecule has 6 nitrogen and oxygen atoms in total. The molecule has 0 aliphatic heterocycles. The van der Waals surface area contributed by atoms with E-state index in [1.54, 1.807) is 6.92 Å². The number of thiophene rings is 1. The van der Waals surface area contributed by atoms with Gasteiger partial charge < -0.3 is 15.8 Å². The molecular formula is C19H22N2O4S. The largest absolute Gasteiger partial charge is 0.465 e. The number of hydrogen-bond donors (Lipinski definition) is 2. The molecule has 0 aliphatic carbocycles. The summed E-state index contributed by atoms with van der Waals surface area (Å²) in [7, 11) is 1.25. The van der Waals surface area contributed by atoms with Crippen molar-refractivity contribution in [2.24, 2.45) is 5.73 Å². The summed E-state index contributed by atoms with van der Waals surface area (Å²) in [5, 5.41) is 3.05. The first-order chi connectivity index (χ1) is 12.3. The third-order valence-corrected chi connectivity index (χ3v) is 5.42. The summed E-state index contributed by atoms with van der Waals surface area (Å²) >= 11 is 0.984. The number of carbonyl (C=O) groups is 3. The monoisotopic (exact) mass is 374 g/mol. The van der Waals surface area contributed by atoms with Gasteiger partial charge in [-0.05, 0) is 31.4 Å². The smallest absolute Gasteiger partial charge is 0.341 e. The Labute approximate surface area is 156 Å². The van der Waals surface area contributed by atoms with Gasteiger partial charge in [0, 0.05) is 0 Å². The molecule has 1 aromatic heterocycles. The standard InChI is InChI=1S/C19H22N2O4S/c1-5-13(12-8-6-10(2)7-9-12)17(23)21-18-14(19(24)25-4)11(3)15(26-18)16(20)22/h6-9,13H,5H2,1-4H3,(H2,20,22)(H,21,23). The molecule has 1 heterocycles. The molecule has 0 spiro atoms. The van der Waals surface area contributed by atoms with Gasteiger partial charge in [0.25, 0.3) is 5.91 Å². The van der Waals surface area contributed by atoms with Crippen LogP contribution < -0.4 is 11.1 Å². The normalized spacial score (nSPS) is 11.7. The summed E-state index contributed by atoms with van der Waals surface area (Å²) in [4.78, 5) is 36.7. The summed E-state index contributed by atoms with van der Waals surface area (Å²) in [6.07, 6.45) is 0.593. The number of benzene rings is 1. The summed E-state index contributed by atoms with van der Waals surface area (Å²) in [6.45, 7) is 5.50. The van der Waals surface area contributed by atoms with E-state index < -0.39 is 11.9 Å². The number of methoxy groups -OCH3 is 1. The number of ether oxygens (including phenoxy) is 1. The minimum atomic E-state index is -0.649. The number of nitrogens with one attached hydrogen (secondary N) is 1. The van der Waals surface area contributed by atoms with Crippen molar-refractivity contribution in [3.05, 3.63) is 51.4 Å². The third kappa shape index (κ3) is 3.94. The summed E-state index contributed by atoms with van der Waals surface area (Å²) in [5.74, 6) is -1.90. The number of primary amides is 1. The van der Waals surface area contributed by atoms with Crippen molar-refractivity contribution in [2.45, 2.75) is 33.1 Å². The van der Waals surface area contributed by atoms with Crippen LogP contribution in [0, 0.1) is 13.8 Å². The summed E-state index contributed by atoms with van der Waals surface area (Å²) < 4.78 is 4.78. The van der Waals surface area contributed by atoms with Crippen molar-refractivity contribution >= 4 is 34.1 Å². The Bertz CT molecular complexity index is 840. The van der Waals surface area contributed by atoms with Gasteiger partial charge in [-0.25, -0.2) is 4.79 Å². The van der Waals surface area contributed by atoms with Gasteiger partial charge in [-0.15, -0.1) is 11.3 Å². The fraction of sp³-hybridized carbons (Fsp3) is 0.316. The topological polar surface area (TPSA) is 98.5 Å². The highest BCUT2D eigenvalue weighted by molar-refractivity contribution is 7.18. The van der Waals surface area contributed by atoms with Crippen LogP contribution in [0.15, 0.2) is 24.3 Å². The number of anilines is 1. The Morgan fingerprint density at radius 2 is 1.81 bits per heavy atom. The van der Waals surface area contributed by atoms with Gasteiger partial charge in [-0.3, -0.25) is 9.59 Å². The van der Waals surface area contributed by atoms with Crippen LogP contribution in [-0.2, 0) is 9.53 Å². The van der Waals surface area contributed by atoms with E-state index in [4.69, 9.17) is 10.5 Å².